The molecule has 1 aromatic carbocycles. The van der Waals surface area contributed by atoms with E-state index >= 15 is 0 Å². The Morgan fingerprint density at radius 3 is 2.60 bits per heavy atom. The zero-order valence-corrected chi connectivity index (χ0v) is 15.3. The number of carbonyl (C=O) groups excluding carboxylic acids is 2. The van der Waals surface area contributed by atoms with Gasteiger partial charge in [0.15, 0.2) is 0 Å². The van der Waals surface area contributed by atoms with Gasteiger partial charge in [0.1, 0.15) is 5.82 Å². The summed E-state index contributed by atoms with van der Waals surface area (Å²) in [5.41, 5.74) is 0.899. The largest absolute Gasteiger partial charge is 0.349 e. The van der Waals surface area contributed by atoms with Crippen LogP contribution in [-0.4, -0.2) is 55.3 Å². The Balaban J connectivity index is 2.05. The van der Waals surface area contributed by atoms with Crippen molar-refractivity contribution in [3.8, 4) is 0 Å². The molecule has 5 nitrogen and oxygen atoms in total. The number of nitrogens with one attached hydrogen (secondary N) is 1. The summed E-state index contributed by atoms with van der Waals surface area (Å²) in [6.45, 7) is 3.55. The minimum Gasteiger partial charge on any atom is -0.349 e. The van der Waals surface area contributed by atoms with Crippen LogP contribution in [0, 0.1) is 11.7 Å². The van der Waals surface area contributed by atoms with Crippen LogP contribution in [0.1, 0.15) is 37.8 Å². The second-order valence-electron chi connectivity index (χ2n) is 7.01. The van der Waals surface area contributed by atoms with E-state index in [4.69, 9.17) is 0 Å². The average Bonchev–Trinajstić information content (AvgIpc) is 2.59. The van der Waals surface area contributed by atoms with Gasteiger partial charge in [-0.1, -0.05) is 12.1 Å². The van der Waals surface area contributed by atoms with Gasteiger partial charge < -0.3 is 15.1 Å². The molecule has 6 heteroatoms. The molecule has 1 fully saturated rings. The normalized spacial score (nSPS) is 18.9. The Morgan fingerprint density at radius 1 is 1.32 bits per heavy atom. The summed E-state index contributed by atoms with van der Waals surface area (Å²) < 4.78 is 13.2. The van der Waals surface area contributed by atoms with Crippen LogP contribution in [0.3, 0.4) is 0 Å². The second kappa shape index (κ2) is 8.94. The van der Waals surface area contributed by atoms with Gasteiger partial charge in [0.25, 0.3) is 0 Å². The van der Waals surface area contributed by atoms with Gasteiger partial charge in [-0.2, -0.15) is 0 Å². The zero-order valence-electron chi connectivity index (χ0n) is 15.3. The molecule has 0 aromatic heterocycles. The van der Waals surface area contributed by atoms with Gasteiger partial charge in [-0.05, 0) is 57.6 Å². The molecule has 2 atom stereocenters. The van der Waals surface area contributed by atoms with E-state index in [0.29, 0.717) is 6.54 Å². The first kappa shape index (κ1) is 19.4. The van der Waals surface area contributed by atoms with E-state index in [1.807, 2.05) is 14.1 Å². The first-order valence-corrected chi connectivity index (χ1v) is 8.83. The summed E-state index contributed by atoms with van der Waals surface area (Å²) in [6.07, 6.45) is 2.38. The molecule has 25 heavy (non-hydrogen) atoms. The van der Waals surface area contributed by atoms with Crippen molar-refractivity contribution in [1.29, 1.82) is 0 Å². The van der Waals surface area contributed by atoms with Crippen LogP contribution in [-0.2, 0) is 9.59 Å². The Morgan fingerprint density at radius 2 is 2.00 bits per heavy atom. The monoisotopic (exact) mass is 349 g/mol. The third-order valence-corrected chi connectivity index (χ3v) is 4.69. The van der Waals surface area contributed by atoms with Gasteiger partial charge in [0.2, 0.25) is 11.8 Å². The number of halogens is 1. The molecule has 0 aliphatic carbocycles. The number of likely N-dealkylation sites (tertiary alicyclic amines) is 1. The fourth-order valence-electron chi connectivity index (χ4n) is 3.17. The predicted molar refractivity (Wildman–Crippen MR) is 95.4 cm³/mol. The van der Waals surface area contributed by atoms with E-state index in [2.05, 4.69) is 10.2 Å². The van der Waals surface area contributed by atoms with Gasteiger partial charge in [-0.3, -0.25) is 9.59 Å². The first-order chi connectivity index (χ1) is 11.9. The Labute approximate surface area is 149 Å². The van der Waals surface area contributed by atoms with Crippen LogP contribution in [0.15, 0.2) is 24.3 Å². The van der Waals surface area contributed by atoms with Crippen LogP contribution in [0.4, 0.5) is 4.39 Å². The third-order valence-electron chi connectivity index (χ3n) is 4.69. The van der Waals surface area contributed by atoms with E-state index in [0.717, 1.165) is 37.9 Å². The molecule has 2 unspecified atom stereocenters. The molecular formula is C19H28FN3O2. The molecule has 0 radical (unpaired) electrons. The summed E-state index contributed by atoms with van der Waals surface area (Å²) in [7, 11) is 3.96. The fourth-order valence-corrected chi connectivity index (χ4v) is 3.17. The maximum absolute atomic E-state index is 13.2. The molecule has 1 aromatic rings. The molecule has 0 bridgehead atoms. The Bertz CT molecular complexity index is 589. The standard InChI is InChI=1S/C19H28FN3O2/c1-14(24)23-11-4-5-16(13-23)19(25)21-18(10-12-22(2)3)15-6-8-17(20)9-7-15/h6-9,16,18H,4-5,10-13H2,1-3H3,(H,21,25). The summed E-state index contributed by atoms with van der Waals surface area (Å²) >= 11 is 0. The molecule has 0 saturated carbocycles. The van der Waals surface area contributed by atoms with Crippen LogP contribution < -0.4 is 5.32 Å². The number of piperidine rings is 1. The smallest absolute Gasteiger partial charge is 0.225 e. The van der Waals surface area contributed by atoms with E-state index in [1.165, 1.54) is 12.1 Å². The van der Waals surface area contributed by atoms with E-state index in [9.17, 15) is 14.0 Å². The molecule has 2 rings (SSSR count). The summed E-state index contributed by atoms with van der Waals surface area (Å²) in [5.74, 6) is -0.481. The molecule has 1 N–H and O–H groups in total. The topological polar surface area (TPSA) is 52.7 Å². The second-order valence-corrected chi connectivity index (χ2v) is 7.01. The maximum Gasteiger partial charge on any atom is 0.225 e. The van der Waals surface area contributed by atoms with Crippen molar-refractivity contribution in [2.75, 3.05) is 33.7 Å². The Hall–Kier alpha value is -1.95. The van der Waals surface area contributed by atoms with Crippen molar-refractivity contribution in [1.82, 2.24) is 15.1 Å². The lowest BCUT2D eigenvalue weighted by Crippen LogP contribution is -2.45. The molecule has 138 valence electrons. The number of hydrogen-bond acceptors (Lipinski definition) is 3. The molecule has 1 aliphatic heterocycles. The van der Waals surface area contributed by atoms with Crippen molar-refractivity contribution in [2.45, 2.75) is 32.2 Å². The lowest BCUT2D eigenvalue weighted by molar-refractivity contribution is -0.134. The van der Waals surface area contributed by atoms with Gasteiger partial charge >= 0.3 is 0 Å². The van der Waals surface area contributed by atoms with Crippen LogP contribution >= 0.6 is 0 Å². The summed E-state index contributed by atoms with van der Waals surface area (Å²) in [6, 6.07) is 6.12. The number of nitrogens with zero attached hydrogens (tertiary/aromatic N) is 2. The summed E-state index contributed by atoms with van der Waals surface area (Å²) in [4.78, 5) is 28.1. The van der Waals surface area contributed by atoms with Crippen LogP contribution in [0.5, 0.6) is 0 Å². The molecule has 1 heterocycles. The Kier molecular flexibility index (Phi) is 6.93. The van der Waals surface area contributed by atoms with E-state index < -0.39 is 0 Å². The van der Waals surface area contributed by atoms with Crippen LogP contribution in [0.25, 0.3) is 0 Å². The molecule has 1 saturated heterocycles. The number of carbonyl (C=O) groups is 2. The molecule has 2 amide bonds. The average molecular weight is 349 g/mol. The van der Waals surface area contributed by atoms with Gasteiger partial charge in [0.05, 0.1) is 12.0 Å². The quantitative estimate of drug-likeness (QED) is 0.857. The van der Waals surface area contributed by atoms with E-state index in [-0.39, 0.29) is 29.6 Å². The van der Waals surface area contributed by atoms with Crippen molar-refractivity contribution < 1.29 is 14.0 Å². The molecular weight excluding hydrogens is 321 g/mol. The number of amides is 2. The highest BCUT2D eigenvalue weighted by molar-refractivity contribution is 5.81. The lowest BCUT2D eigenvalue weighted by atomic mass is 9.95. The van der Waals surface area contributed by atoms with Crippen molar-refractivity contribution >= 4 is 11.8 Å². The molecule has 0 spiro atoms. The number of rotatable bonds is 6. The maximum atomic E-state index is 13.2. The molecule has 1 aliphatic rings. The van der Waals surface area contributed by atoms with Crippen molar-refractivity contribution in [3.63, 3.8) is 0 Å². The highest BCUT2D eigenvalue weighted by atomic mass is 19.1. The minimum atomic E-state index is -0.286. The van der Waals surface area contributed by atoms with Crippen LogP contribution in [0.2, 0.25) is 0 Å². The third kappa shape index (κ3) is 5.81. The van der Waals surface area contributed by atoms with Gasteiger partial charge in [-0.25, -0.2) is 4.39 Å². The highest BCUT2D eigenvalue weighted by Crippen LogP contribution is 2.21. The predicted octanol–water partition coefficient (Wildman–Crippen LogP) is 2.19. The van der Waals surface area contributed by atoms with Crippen molar-refractivity contribution in [3.05, 3.63) is 35.6 Å². The fraction of sp³-hybridized carbons (Fsp3) is 0.579. The minimum absolute atomic E-state index is 0.0141. The highest BCUT2D eigenvalue weighted by Gasteiger charge is 2.28. The van der Waals surface area contributed by atoms with E-state index in [1.54, 1.807) is 24.0 Å². The van der Waals surface area contributed by atoms with Gasteiger partial charge in [-0.15, -0.1) is 0 Å². The van der Waals surface area contributed by atoms with Gasteiger partial charge in [0, 0.05) is 20.0 Å². The van der Waals surface area contributed by atoms with Crippen molar-refractivity contribution in [2.24, 2.45) is 5.92 Å². The summed E-state index contributed by atoms with van der Waals surface area (Å²) in [5, 5.41) is 3.11. The zero-order chi connectivity index (χ0) is 18.4. The lowest BCUT2D eigenvalue weighted by Gasteiger charge is -2.32. The number of benzene rings is 1. The number of hydrogen-bond donors (Lipinski definition) is 1. The first-order valence-electron chi connectivity index (χ1n) is 8.83. The SMILES string of the molecule is CC(=O)N1CCCC(C(=O)NC(CCN(C)C)c2ccc(F)cc2)C1.